The summed E-state index contributed by atoms with van der Waals surface area (Å²) in [5.74, 6) is 0. The molecule has 0 amide bonds. The van der Waals surface area contributed by atoms with Crippen molar-refractivity contribution in [1.82, 2.24) is 4.90 Å². The van der Waals surface area contributed by atoms with Gasteiger partial charge >= 0.3 is 0 Å². The molecule has 13 heavy (non-hydrogen) atoms. The van der Waals surface area contributed by atoms with Crippen molar-refractivity contribution in [3.05, 3.63) is 0 Å². The Hall–Kier alpha value is -0.190. The standard InChI is InChI=1S/C9H18N2OS/c1-7-5-11(4-3-9(10)13)6-8(2)12-7/h7-8H,3-6H2,1-2H3,(H2,10,13). The summed E-state index contributed by atoms with van der Waals surface area (Å²) in [6, 6.07) is 0. The molecule has 3 nitrogen and oxygen atoms in total. The van der Waals surface area contributed by atoms with Gasteiger partial charge < -0.3 is 10.5 Å². The Kier molecular flexibility index (Phi) is 4.09. The monoisotopic (exact) mass is 202 g/mol. The highest BCUT2D eigenvalue weighted by Crippen LogP contribution is 2.10. The number of ether oxygens (including phenoxy) is 1. The molecule has 0 aromatic heterocycles. The van der Waals surface area contributed by atoms with Crippen molar-refractivity contribution >= 4 is 17.2 Å². The van der Waals surface area contributed by atoms with Gasteiger partial charge in [-0.15, -0.1) is 0 Å². The first kappa shape index (κ1) is 10.9. The molecule has 1 rings (SSSR count). The predicted molar refractivity (Wildman–Crippen MR) is 57.9 cm³/mol. The minimum atomic E-state index is 0.329. The Morgan fingerprint density at radius 1 is 1.46 bits per heavy atom. The van der Waals surface area contributed by atoms with Gasteiger partial charge in [-0.1, -0.05) is 12.2 Å². The summed E-state index contributed by atoms with van der Waals surface area (Å²) >= 11 is 4.84. The van der Waals surface area contributed by atoms with Crippen LogP contribution in [0.1, 0.15) is 20.3 Å². The zero-order valence-electron chi connectivity index (χ0n) is 8.32. The summed E-state index contributed by atoms with van der Waals surface area (Å²) in [7, 11) is 0. The van der Waals surface area contributed by atoms with Crippen LogP contribution < -0.4 is 5.73 Å². The van der Waals surface area contributed by atoms with Crippen LogP contribution in [0, 0.1) is 0 Å². The molecule has 2 atom stereocenters. The van der Waals surface area contributed by atoms with E-state index < -0.39 is 0 Å². The molecule has 0 aromatic rings. The predicted octanol–water partition coefficient (Wildman–Crippen LogP) is 0.772. The van der Waals surface area contributed by atoms with E-state index in [2.05, 4.69) is 18.7 Å². The number of nitrogens with two attached hydrogens (primary N) is 1. The van der Waals surface area contributed by atoms with Crippen molar-refractivity contribution in [3.63, 3.8) is 0 Å². The van der Waals surface area contributed by atoms with Crippen molar-refractivity contribution < 1.29 is 4.74 Å². The highest BCUT2D eigenvalue weighted by molar-refractivity contribution is 7.80. The van der Waals surface area contributed by atoms with Crippen molar-refractivity contribution in [2.45, 2.75) is 32.5 Å². The second-order valence-electron chi connectivity index (χ2n) is 3.73. The lowest BCUT2D eigenvalue weighted by Crippen LogP contribution is -2.46. The maximum atomic E-state index is 5.62. The summed E-state index contributed by atoms with van der Waals surface area (Å²) in [6.07, 6.45) is 1.47. The molecule has 0 saturated carbocycles. The summed E-state index contributed by atoms with van der Waals surface area (Å²) in [5, 5.41) is 0. The second kappa shape index (κ2) is 4.88. The molecule has 0 spiro atoms. The Morgan fingerprint density at radius 2 is 2.00 bits per heavy atom. The van der Waals surface area contributed by atoms with Crippen LogP contribution in [0.2, 0.25) is 0 Å². The molecule has 1 fully saturated rings. The lowest BCUT2D eigenvalue weighted by atomic mass is 10.2. The first-order valence-electron chi connectivity index (χ1n) is 4.74. The van der Waals surface area contributed by atoms with Crippen LogP contribution in [-0.2, 0) is 4.74 Å². The van der Waals surface area contributed by atoms with Gasteiger partial charge in [0.05, 0.1) is 17.2 Å². The van der Waals surface area contributed by atoms with Crippen molar-refractivity contribution in [2.75, 3.05) is 19.6 Å². The number of nitrogens with zero attached hydrogens (tertiary/aromatic N) is 1. The van der Waals surface area contributed by atoms with E-state index in [-0.39, 0.29) is 0 Å². The molecule has 0 bridgehead atoms. The fourth-order valence-corrected chi connectivity index (χ4v) is 1.83. The molecule has 0 aromatic carbocycles. The maximum Gasteiger partial charge on any atom is 0.0740 e. The van der Waals surface area contributed by atoms with Gasteiger partial charge in [-0.2, -0.15) is 0 Å². The summed E-state index contributed by atoms with van der Waals surface area (Å²) in [4.78, 5) is 2.96. The molecule has 76 valence electrons. The molecule has 1 aliphatic rings. The molecule has 1 saturated heterocycles. The third kappa shape index (κ3) is 4.02. The third-order valence-corrected chi connectivity index (χ3v) is 2.37. The van der Waals surface area contributed by atoms with Gasteiger partial charge in [-0.05, 0) is 13.8 Å². The minimum Gasteiger partial charge on any atom is -0.393 e. The Morgan fingerprint density at radius 3 is 2.46 bits per heavy atom. The van der Waals surface area contributed by atoms with Gasteiger partial charge in [0.15, 0.2) is 0 Å². The minimum absolute atomic E-state index is 0.329. The highest BCUT2D eigenvalue weighted by atomic mass is 32.1. The number of hydrogen-bond donors (Lipinski definition) is 1. The van der Waals surface area contributed by atoms with Gasteiger partial charge in [-0.3, -0.25) is 4.90 Å². The number of hydrogen-bond acceptors (Lipinski definition) is 3. The van der Waals surface area contributed by atoms with Crippen LogP contribution >= 0.6 is 12.2 Å². The van der Waals surface area contributed by atoms with Crippen LogP contribution in [-0.4, -0.2) is 41.7 Å². The first-order valence-corrected chi connectivity index (χ1v) is 5.15. The number of thiocarbonyl (C=S) groups is 1. The summed E-state index contributed by atoms with van der Waals surface area (Å²) in [6.45, 7) is 7.15. The molecule has 4 heteroatoms. The van der Waals surface area contributed by atoms with E-state index in [1.165, 1.54) is 0 Å². The smallest absolute Gasteiger partial charge is 0.0740 e. The second-order valence-corrected chi connectivity index (χ2v) is 4.26. The SMILES string of the molecule is CC1CN(CCC(N)=S)CC(C)O1. The molecular formula is C9H18N2OS. The lowest BCUT2D eigenvalue weighted by molar-refractivity contribution is -0.0671. The molecule has 1 aliphatic heterocycles. The van der Waals surface area contributed by atoms with Crippen LogP contribution in [0.5, 0.6) is 0 Å². The van der Waals surface area contributed by atoms with Gasteiger partial charge in [0.1, 0.15) is 0 Å². The van der Waals surface area contributed by atoms with Crippen molar-refractivity contribution in [3.8, 4) is 0 Å². The topological polar surface area (TPSA) is 38.5 Å². The zero-order chi connectivity index (χ0) is 9.84. The van der Waals surface area contributed by atoms with E-state index in [0.29, 0.717) is 17.2 Å². The van der Waals surface area contributed by atoms with Gasteiger partial charge in [0.25, 0.3) is 0 Å². The van der Waals surface area contributed by atoms with E-state index in [9.17, 15) is 0 Å². The van der Waals surface area contributed by atoms with E-state index in [1.54, 1.807) is 0 Å². The van der Waals surface area contributed by atoms with Gasteiger partial charge in [0.2, 0.25) is 0 Å². The zero-order valence-corrected chi connectivity index (χ0v) is 9.14. The number of rotatable bonds is 3. The van der Waals surface area contributed by atoms with Crippen molar-refractivity contribution in [2.24, 2.45) is 5.73 Å². The van der Waals surface area contributed by atoms with Crippen LogP contribution in [0.25, 0.3) is 0 Å². The van der Waals surface area contributed by atoms with E-state index >= 15 is 0 Å². The molecule has 2 N–H and O–H groups in total. The lowest BCUT2D eigenvalue weighted by Gasteiger charge is -2.35. The molecule has 1 heterocycles. The van der Waals surface area contributed by atoms with E-state index in [1.807, 2.05) is 0 Å². The summed E-state index contributed by atoms with van der Waals surface area (Å²) < 4.78 is 5.62. The Bertz CT molecular complexity index is 176. The van der Waals surface area contributed by atoms with Crippen molar-refractivity contribution in [1.29, 1.82) is 0 Å². The Balaban J connectivity index is 2.28. The quantitative estimate of drug-likeness (QED) is 0.686. The van der Waals surface area contributed by atoms with Crippen LogP contribution in [0.4, 0.5) is 0 Å². The van der Waals surface area contributed by atoms with E-state index in [0.717, 1.165) is 26.1 Å². The van der Waals surface area contributed by atoms with Crippen LogP contribution in [0.3, 0.4) is 0 Å². The average molecular weight is 202 g/mol. The van der Waals surface area contributed by atoms with Crippen LogP contribution in [0.15, 0.2) is 0 Å². The first-order chi connectivity index (χ1) is 6.08. The van der Waals surface area contributed by atoms with Gasteiger partial charge in [-0.25, -0.2) is 0 Å². The maximum absolute atomic E-state index is 5.62. The Labute approximate surface area is 85.2 Å². The molecule has 2 unspecified atom stereocenters. The highest BCUT2D eigenvalue weighted by Gasteiger charge is 2.21. The largest absolute Gasteiger partial charge is 0.393 e. The average Bonchev–Trinajstić information content (AvgIpc) is 1.99. The molecular weight excluding hydrogens is 184 g/mol. The summed E-state index contributed by atoms with van der Waals surface area (Å²) in [5.41, 5.74) is 5.45. The van der Waals surface area contributed by atoms with E-state index in [4.69, 9.17) is 22.7 Å². The molecule has 0 radical (unpaired) electrons. The molecule has 0 aliphatic carbocycles. The number of morpholine rings is 1. The normalized spacial score (nSPS) is 30.3. The van der Waals surface area contributed by atoms with Gasteiger partial charge in [0, 0.05) is 26.1 Å². The fourth-order valence-electron chi connectivity index (χ4n) is 1.74. The fraction of sp³-hybridized carbons (Fsp3) is 0.889. The third-order valence-electron chi connectivity index (χ3n) is 2.17.